The summed E-state index contributed by atoms with van der Waals surface area (Å²) in [6.45, 7) is 9.12. The fourth-order valence-corrected chi connectivity index (χ4v) is 4.27. The first-order valence-electron chi connectivity index (χ1n) is 11.3. The van der Waals surface area contributed by atoms with E-state index in [0.29, 0.717) is 12.4 Å². The molecular formula is C25H35N3O5S. The third-order valence-electron chi connectivity index (χ3n) is 5.18. The predicted molar refractivity (Wildman–Crippen MR) is 134 cm³/mol. The molecule has 2 aromatic rings. The third kappa shape index (κ3) is 7.48. The van der Waals surface area contributed by atoms with E-state index in [1.165, 1.54) is 4.90 Å². The Hall–Kier alpha value is -3.07. The van der Waals surface area contributed by atoms with Crippen molar-refractivity contribution in [2.24, 2.45) is 0 Å². The molecule has 0 fully saturated rings. The lowest BCUT2D eigenvalue weighted by Gasteiger charge is -2.32. The molecule has 1 N–H and O–H groups in total. The van der Waals surface area contributed by atoms with Crippen LogP contribution in [0.15, 0.2) is 48.5 Å². The van der Waals surface area contributed by atoms with E-state index in [9.17, 15) is 18.0 Å². The minimum absolute atomic E-state index is 0.100. The summed E-state index contributed by atoms with van der Waals surface area (Å²) in [5.74, 6) is -0.446. The molecular weight excluding hydrogens is 454 g/mol. The zero-order chi connectivity index (χ0) is 25.5. The summed E-state index contributed by atoms with van der Waals surface area (Å²) in [6, 6.07) is 13.4. The number of anilines is 1. The first kappa shape index (κ1) is 27.2. The molecule has 0 heterocycles. The fourth-order valence-electron chi connectivity index (χ4n) is 3.41. The minimum Gasteiger partial charge on any atom is -0.492 e. The van der Waals surface area contributed by atoms with Crippen molar-refractivity contribution in [3.63, 3.8) is 0 Å². The van der Waals surface area contributed by atoms with Crippen molar-refractivity contribution in [1.82, 2.24) is 10.2 Å². The van der Waals surface area contributed by atoms with Gasteiger partial charge in [-0.05, 0) is 52.3 Å². The third-order valence-corrected chi connectivity index (χ3v) is 6.31. The molecule has 0 aliphatic carbocycles. The molecule has 2 aromatic carbocycles. The molecule has 0 spiro atoms. The quantitative estimate of drug-likeness (QED) is 0.523. The van der Waals surface area contributed by atoms with E-state index in [2.05, 4.69) is 5.32 Å². The molecule has 0 aliphatic heterocycles. The van der Waals surface area contributed by atoms with E-state index in [1.54, 1.807) is 38.1 Å². The van der Waals surface area contributed by atoms with Crippen LogP contribution in [0.2, 0.25) is 0 Å². The number of nitrogens with zero attached hydrogens (tertiary/aromatic N) is 2. The number of benzene rings is 2. The highest BCUT2D eigenvalue weighted by Gasteiger charge is 2.31. The molecule has 0 bridgehead atoms. The van der Waals surface area contributed by atoms with Crippen LogP contribution in [0.5, 0.6) is 5.75 Å². The Bertz CT molecular complexity index is 1080. The van der Waals surface area contributed by atoms with Crippen LogP contribution in [0, 0.1) is 6.92 Å². The summed E-state index contributed by atoms with van der Waals surface area (Å²) in [7, 11) is -3.83. The number of ether oxygens (including phenoxy) is 1. The van der Waals surface area contributed by atoms with Crippen LogP contribution in [0.25, 0.3) is 0 Å². The number of rotatable bonds is 11. The van der Waals surface area contributed by atoms with Crippen LogP contribution in [0.1, 0.15) is 38.8 Å². The lowest BCUT2D eigenvalue weighted by molar-refractivity contribution is -0.139. The number of para-hydroxylation sites is 2. The molecule has 9 heteroatoms. The van der Waals surface area contributed by atoms with Crippen molar-refractivity contribution >= 4 is 27.5 Å². The van der Waals surface area contributed by atoms with Crippen molar-refractivity contribution in [3.8, 4) is 5.75 Å². The van der Waals surface area contributed by atoms with Gasteiger partial charge in [-0.15, -0.1) is 0 Å². The number of carbonyl (C=O) groups is 2. The topological polar surface area (TPSA) is 96.0 Å². The Morgan fingerprint density at radius 3 is 2.21 bits per heavy atom. The Balaban J connectivity index is 2.42. The standard InChI is InChI=1S/C25H35N3O5S/c1-7-33-23-11-9-8-10-22(23)28(34(6,31)32)17-24(29)27(20(5)25(30)26-18(2)3)16-21-14-12-19(4)13-15-21/h8-15,18,20H,7,16-17H2,1-6H3,(H,26,30). The Morgan fingerprint density at radius 1 is 1.03 bits per heavy atom. The summed E-state index contributed by atoms with van der Waals surface area (Å²) in [6.07, 6.45) is 1.04. The largest absolute Gasteiger partial charge is 0.492 e. The fraction of sp³-hybridized carbons (Fsp3) is 0.440. The Labute approximate surface area is 202 Å². The van der Waals surface area contributed by atoms with Gasteiger partial charge in [-0.25, -0.2) is 8.42 Å². The van der Waals surface area contributed by atoms with Crippen LogP contribution >= 0.6 is 0 Å². The van der Waals surface area contributed by atoms with E-state index >= 15 is 0 Å². The number of nitrogens with one attached hydrogen (secondary N) is 1. The zero-order valence-corrected chi connectivity index (χ0v) is 21.6. The Morgan fingerprint density at radius 2 is 1.65 bits per heavy atom. The maximum atomic E-state index is 13.5. The molecule has 0 radical (unpaired) electrons. The van der Waals surface area contributed by atoms with Crippen molar-refractivity contribution in [2.45, 2.75) is 53.2 Å². The summed E-state index contributed by atoms with van der Waals surface area (Å²) >= 11 is 0. The first-order chi connectivity index (χ1) is 15.9. The van der Waals surface area contributed by atoms with E-state index in [1.807, 2.05) is 45.0 Å². The number of aryl methyl sites for hydroxylation is 1. The van der Waals surface area contributed by atoms with E-state index in [4.69, 9.17) is 4.74 Å². The van der Waals surface area contributed by atoms with Gasteiger partial charge in [0.1, 0.15) is 18.3 Å². The number of amides is 2. The van der Waals surface area contributed by atoms with Crippen molar-refractivity contribution < 1.29 is 22.7 Å². The maximum absolute atomic E-state index is 13.5. The molecule has 2 rings (SSSR count). The van der Waals surface area contributed by atoms with Gasteiger partial charge in [-0.3, -0.25) is 13.9 Å². The molecule has 1 unspecified atom stereocenters. The van der Waals surface area contributed by atoms with Gasteiger partial charge < -0.3 is 15.0 Å². The molecule has 2 amide bonds. The SMILES string of the molecule is CCOc1ccccc1N(CC(=O)N(Cc1ccc(C)cc1)C(C)C(=O)NC(C)C)S(C)(=O)=O. The minimum atomic E-state index is -3.83. The molecule has 0 saturated heterocycles. The molecule has 34 heavy (non-hydrogen) atoms. The van der Waals surface area contributed by atoms with Crippen LogP contribution < -0.4 is 14.4 Å². The van der Waals surface area contributed by atoms with Gasteiger partial charge in [-0.2, -0.15) is 0 Å². The van der Waals surface area contributed by atoms with Gasteiger partial charge in [0.25, 0.3) is 0 Å². The monoisotopic (exact) mass is 489 g/mol. The summed E-state index contributed by atoms with van der Waals surface area (Å²) in [5.41, 5.74) is 2.18. The molecule has 8 nitrogen and oxygen atoms in total. The predicted octanol–water partition coefficient (Wildman–Crippen LogP) is 3.10. The molecule has 0 aliphatic rings. The van der Waals surface area contributed by atoms with Crippen LogP contribution in [-0.4, -0.2) is 56.6 Å². The van der Waals surface area contributed by atoms with E-state index < -0.39 is 28.5 Å². The molecule has 1 atom stereocenters. The molecule has 0 aromatic heterocycles. The Kier molecular flexibility index (Phi) is 9.49. The van der Waals surface area contributed by atoms with Crippen LogP contribution in [0.3, 0.4) is 0 Å². The molecule has 186 valence electrons. The second-order valence-electron chi connectivity index (χ2n) is 8.52. The van der Waals surface area contributed by atoms with Crippen molar-refractivity contribution in [1.29, 1.82) is 0 Å². The van der Waals surface area contributed by atoms with Gasteiger partial charge in [-0.1, -0.05) is 42.0 Å². The molecule has 0 saturated carbocycles. The van der Waals surface area contributed by atoms with E-state index in [0.717, 1.165) is 21.7 Å². The lowest BCUT2D eigenvalue weighted by Crippen LogP contribution is -2.52. The van der Waals surface area contributed by atoms with Gasteiger partial charge in [0.05, 0.1) is 18.6 Å². The normalized spacial score (nSPS) is 12.2. The van der Waals surface area contributed by atoms with Crippen molar-refractivity contribution in [3.05, 3.63) is 59.7 Å². The van der Waals surface area contributed by atoms with Gasteiger partial charge >= 0.3 is 0 Å². The summed E-state index contributed by atoms with van der Waals surface area (Å²) in [5, 5.41) is 2.83. The lowest BCUT2D eigenvalue weighted by atomic mass is 10.1. The summed E-state index contributed by atoms with van der Waals surface area (Å²) in [4.78, 5) is 27.7. The number of sulfonamides is 1. The highest BCUT2D eigenvalue weighted by Crippen LogP contribution is 2.30. The summed E-state index contributed by atoms with van der Waals surface area (Å²) < 4.78 is 32.0. The average Bonchev–Trinajstić information content (AvgIpc) is 2.76. The van der Waals surface area contributed by atoms with Gasteiger partial charge in [0.15, 0.2) is 0 Å². The number of carbonyl (C=O) groups excluding carboxylic acids is 2. The van der Waals surface area contributed by atoms with Gasteiger partial charge in [0, 0.05) is 12.6 Å². The van der Waals surface area contributed by atoms with Gasteiger partial charge in [0.2, 0.25) is 21.8 Å². The van der Waals surface area contributed by atoms with Crippen LogP contribution in [-0.2, 0) is 26.2 Å². The maximum Gasteiger partial charge on any atom is 0.244 e. The smallest absolute Gasteiger partial charge is 0.244 e. The number of hydrogen-bond donors (Lipinski definition) is 1. The highest BCUT2D eigenvalue weighted by molar-refractivity contribution is 7.92. The first-order valence-corrected chi connectivity index (χ1v) is 13.1. The highest BCUT2D eigenvalue weighted by atomic mass is 32.2. The average molecular weight is 490 g/mol. The number of hydrogen-bond acceptors (Lipinski definition) is 5. The van der Waals surface area contributed by atoms with Crippen LogP contribution in [0.4, 0.5) is 5.69 Å². The van der Waals surface area contributed by atoms with E-state index in [-0.39, 0.29) is 24.2 Å². The second kappa shape index (κ2) is 11.9. The zero-order valence-electron chi connectivity index (χ0n) is 20.7. The van der Waals surface area contributed by atoms with Crippen molar-refractivity contribution in [2.75, 3.05) is 23.7 Å². The second-order valence-corrected chi connectivity index (χ2v) is 10.4.